The number of rotatable bonds is 3. The highest BCUT2D eigenvalue weighted by atomic mass is 35.5. The van der Waals surface area contributed by atoms with Crippen LogP contribution < -0.4 is 0 Å². The van der Waals surface area contributed by atoms with E-state index in [1.165, 1.54) is 6.20 Å². The number of aryl methyl sites for hydroxylation is 1. The van der Waals surface area contributed by atoms with Crippen molar-refractivity contribution < 1.29 is 5.11 Å². The van der Waals surface area contributed by atoms with Crippen molar-refractivity contribution >= 4 is 22.6 Å². The van der Waals surface area contributed by atoms with Crippen LogP contribution in [0.4, 0.5) is 0 Å². The molecule has 0 aliphatic carbocycles. The van der Waals surface area contributed by atoms with E-state index < -0.39 is 6.10 Å². The van der Waals surface area contributed by atoms with Gasteiger partial charge in [-0.2, -0.15) is 0 Å². The fourth-order valence-corrected chi connectivity index (χ4v) is 2.56. The Bertz CT molecular complexity index is 754. The molecule has 0 aliphatic rings. The van der Waals surface area contributed by atoms with Crippen molar-refractivity contribution in [3.8, 4) is 0 Å². The molecule has 1 N–H and O–H groups in total. The Morgan fingerprint density at radius 1 is 1.30 bits per heavy atom. The maximum Gasteiger partial charge on any atom is 0.112 e. The summed E-state index contributed by atoms with van der Waals surface area (Å²) in [5.41, 5.74) is 2.65. The molecule has 1 atom stereocenters. The monoisotopic (exact) mass is 287 g/mol. The van der Waals surface area contributed by atoms with Crippen molar-refractivity contribution in [1.82, 2.24) is 14.5 Å². The summed E-state index contributed by atoms with van der Waals surface area (Å²) in [5, 5.41) is 10.8. The van der Waals surface area contributed by atoms with Crippen molar-refractivity contribution in [2.45, 2.75) is 12.5 Å². The largest absolute Gasteiger partial charge is 0.388 e. The normalized spacial score (nSPS) is 12.8. The van der Waals surface area contributed by atoms with Gasteiger partial charge in [0.2, 0.25) is 0 Å². The number of hydrogen-bond acceptors (Lipinski definition) is 3. The third-order valence-corrected chi connectivity index (χ3v) is 3.73. The van der Waals surface area contributed by atoms with E-state index in [9.17, 15) is 5.11 Å². The summed E-state index contributed by atoms with van der Waals surface area (Å²) in [5.74, 6) is 0.826. The minimum absolute atomic E-state index is 0.412. The van der Waals surface area contributed by atoms with Gasteiger partial charge in [-0.05, 0) is 18.2 Å². The smallest absolute Gasteiger partial charge is 0.112 e. The molecule has 102 valence electrons. The first-order valence-electron chi connectivity index (χ1n) is 6.34. The first-order chi connectivity index (χ1) is 9.66. The van der Waals surface area contributed by atoms with Gasteiger partial charge in [0.15, 0.2) is 0 Å². The quantitative estimate of drug-likeness (QED) is 0.806. The van der Waals surface area contributed by atoms with Crippen LogP contribution in [0, 0.1) is 0 Å². The van der Waals surface area contributed by atoms with Gasteiger partial charge in [-0.3, -0.25) is 4.98 Å². The van der Waals surface area contributed by atoms with Gasteiger partial charge in [0.05, 0.1) is 22.2 Å². The lowest BCUT2D eigenvalue weighted by atomic mass is 10.1. The van der Waals surface area contributed by atoms with Crippen LogP contribution in [0.3, 0.4) is 0 Å². The fraction of sp³-hybridized carbons (Fsp3) is 0.200. The van der Waals surface area contributed by atoms with Crippen LogP contribution in [-0.2, 0) is 13.5 Å². The lowest BCUT2D eigenvalue weighted by molar-refractivity contribution is 0.175. The molecule has 3 aromatic rings. The second-order valence-corrected chi connectivity index (χ2v) is 5.10. The number of para-hydroxylation sites is 2. The van der Waals surface area contributed by atoms with Crippen LogP contribution in [0.5, 0.6) is 0 Å². The highest BCUT2D eigenvalue weighted by molar-refractivity contribution is 6.31. The number of aliphatic hydroxyl groups excluding tert-OH is 1. The number of hydrogen-bond donors (Lipinski definition) is 1. The van der Waals surface area contributed by atoms with E-state index in [1.807, 2.05) is 35.9 Å². The number of aromatic nitrogens is 3. The SMILES string of the molecule is Cn1c(CC(O)c2ccncc2Cl)nc2ccccc21. The molecule has 0 radical (unpaired) electrons. The molecule has 3 rings (SSSR count). The highest BCUT2D eigenvalue weighted by Gasteiger charge is 2.16. The molecule has 0 fully saturated rings. The van der Waals surface area contributed by atoms with Crippen LogP contribution in [0.15, 0.2) is 42.7 Å². The maximum absolute atomic E-state index is 10.3. The molecule has 5 heteroatoms. The molecule has 0 saturated heterocycles. The molecule has 1 aromatic carbocycles. The number of imidazole rings is 1. The predicted molar refractivity (Wildman–Crippen MR) is 78.6 cm³/mol. The second-order valence-electron chi connectivity index (χ2n) is 4.69. The van der Waals surface area contributed by atoms with Crippen molar-refractivity contribution in [3.63, 3.8) is 0 Å². The topological polar surface area (TPSA) is 50.9 Å². The molecule has 0 amide bonds. The highest BCUT2D eigenvalue weighted by Crippen LogP contribution is 2.25. The van der Waals surface area contributed by atoms with Gasteiger partial charge in [0.1, 0.15) is 5.82 Å². The number of pyridine rings is 1. The van der Waals surface area contributed by atoms with Gasteiger partial charge in [-0.25, -0.2) is 4.98 Å². The van der Waals surface area contributed by atoms with Gasteiger partial charge < -0.3 is 9.67 Å². The van der Waals surface area contributed by atoms with Gasteiger partial charge >= 0.3 is 0 Å². The van der Waals surface area contributed by atoms with Crippen LogP contribution in [0.2, 0.25) is 5.02 Å². The zero-order valence-corrected chi connectivity index (χ0v) is 11.7. The van der Waals surface area contributed by atoms with Crippen molar-refractivity contribution in [2.75, 3.05) is 0 Å². The standard InChI is InChI=1S/C15H14ClN3O/c1-19-13-5-3-2-4-12(13)18-15(19)8-14(20)10-6-7-17-9-11(10)16/h2-7,9,14,20H,8H2,1H3. The summed E-state index contributed by atoms with van der Waals surface area (Å²) < 4.78 is 1.99. The van der Waals surface area contributed by atoms with Crippen LogP contribution in [-0.4, -0.2) is 19.6 Å². The van der Waals surface area contributed by atoms with Gasteiger partial charge in [0, 0.05) is 31.4 Å². The predicted octanol–water partition coefficient (Wildman–Crippen LogP) is 2.90. The average molecular weight is 288 g/mol. The van der Waals surface area contributed by atoms with E-state index in [4.69, 9.17) is 11.6 Å². The molecule has 1 unspecified atom stereocenters. The Kier molecular flexibility index (Phi) is 3.42. The van der Waals surface area contributed by atoms with Crippen molar-refractivity contribution in [1.29, 1.82) is 0 Å². The molecule has 0 spiro atoms. The Balaban J connectivity index is 1.93. The van der Waals surface area contributed by atoms with E-state index in [0.717, 1.165) is 16.9 Å². The Morgan fingerprint density at radius 2 is 2.10 bits per heavy atom. The van der Waals surface area contributed by atoms with Crippen LogP contribution in [0.1, 0.15) is 17.5 Å². The molecule has 20 heavy (non-hydrogen) atoms. The molecule has 0 bridgehead atoms. The third-order valence-electron chi connectivity index (χ3n) is 3.42. The molecule has 0 saturated carbocycles. The van der Waals surface area contributed by atoms with Gasteiger partial charge in [0.25, 0.3) is 0 Å². The Morgan fingerprint density at radius 3 is 2.85 bits per heavy atom. The summed E-state index contributed by atoms with van der Waals surface area (Å²) in [6.07, 6.45) is 2.88. The first kappa shape index (κ1) is 13.1. The van der Waals surface area contributed by atoms with Gasteiger partial charge in [-0.15, -0.1) is 0 Å². The van der Waals surface area contributed by atoms with Crippen LogP contribution >= 0.6 is 11.6 Å². The lowest BCUT2D eigenvalue weighted by Gasteiger charge is -2.12. The van der Waals surface area contributed by atoms with Crippen LogP contribution in [0.25, 0.3) is 11.0 Å². The van der Waals surface area contributed by atoms with E-state index in [2.05, 4.69) is 9.97 Å². The van der Waals surface area contributed by atoms with E-state index >= 15 is 0 Å². The molecule has 4 nitrogen and oxygen atoms in total. The number of nitrogens with zero attached hydrogens (tertiary/aromatic N) is 3. The van der Waals surface area contributed by atoms with E-state index in [-0.39, 0.29) is 0 Å². The lowest BCUT2D eigenvalue weighted by Crippen LogP contribution is -2.07. The zero-order chi connectivity index (χ0) is 14.1. The van der Waals surface area contributed by atoms with Gasteiger partial charge in [-0.1, -0.05) is 23.7 Å². The summed E-state index contributed by atoms with van der Waals surface area (Å²) in [7, 11) is 1.95. The fourth-order valence-electron chi connectivity index (χ4n) is 2.32. The Labute approximate surface area is 121 Å². The molecule has 0 aliphatic heterocycles. The third kappa shape index (κ3) is 2.28. The number of halogens is 1. The summed E-state index contributed by atoms with van der Waals surface area (Å²) in [6.45, 7) is 0. The Hall–Kier alpha value is -1.91. The number of aliphatic hydroxyl groups is 1. The summed E-state index contributed by atoms with van der Waals surface area (Å²) in [4.78, 5) is 8.47. The van der Waals surface area contributed by atoms with Crippen molar-refractivity contribution in [3.05, 3.63) is 59.1 Å². The zero-order valence-electron chi connectivity index (χ0n) is 11.0. The average Bonchev–Trinajstić information content (AvgIpc) is 2.76. The minimum atomic E-state index is -0.694. The minimum Gasteiger partial charge on any atom is -0.388 e. The van der Waals surface area contributed by atoms with Crippen molar-refractivity contribution in [2.24, 2.45) is 7.05 Å². The molecule has 2 heterocycles. The second kappa shape index (κ2) is 5.23. The van der Waals surface area contributed by atoms with E-state index in [0.29, 0.717) is 17.0 Å². The maximum atomic E-state index is 10.3. The molecular formula is C15H14ClN3O. The number of fused-ring (bicyclic) bond motifs is 1. The first-order valence-corrected chi connectivity index (χ1v) is 6.72. The molecular weight excluding hydrogens is 274 g/mol. The van der Waals surface area contributed by atoms with E-state index in [1.54, 1.807) is 12.3 Å². The number of benzene rings is 1. The summed E-state index contributed by atoms with van der Waals surface area (Å²) >= 11 is 6.05. The molecule has 2 aromatic heterocycles. The summed E-state index contributed by atoms with van der Waals surface area (Å²) in [6, 6.07) is 9.64.